The van der Waals surface area contributed by atoms with Gasteiger partial charge in [-0.25, -0.2) is 0 Å². The van der Waals surface area contributed by atoms with Crippen LogP contribution in [0.5, 0.6) is 0 Å². The van der Waals surface area contributed by atoms with Gasteiger partial charge in [0, 0.05) is 19.2 Å². The quantitative estimate of drug-likeness (QED) is 0.885. The predicted molar refractivity (Wildman–Crippen MR) is 106 cm³/mol. The second kappa shape index (κ2) is 8.17. The summed E-state index contributed by atoms with van der Waals surface area (Å²) < 4.78 is 0. The molecule has 2 amide bonds. The number of nitrogens with one attached hydrogen (secondary N) is 1. The maximum absolute atomic E-state index is 12.4. The van der Waals surface area contributed by atoms with Gasteiger partial charge in [0.2, 0.25) is 11.8 Å². The van der Waals surface area contributed by atoms with Crippen LogP contribution in [-0.4, -0.2) is 18.4 Å². The van der Waals surface area contributed by atoms with E-state index in [0.29, 0.717) is 6.54 Å². The van der Waals surface area contributed by atoms with Gasteiger partial charge in [-0.1, -0.05) is 68.8 Å². The highest BCUT2D eigenvalue weighted by molar-refractivity contribution is 5.98. The summed E-state index contributed by atoms with van der Waals surface area (Å²) in [6, 6.07) is 15.8. The first-order valence-electron chi connectivity index (χ1n) is 8.88. The van der Waals surface area contributed by atoms with Crippen molar-refractivity contribution in [2.75, 3.05) is 11.4 Å². The van der Waals surface area contributed by atoms with Gasteiger partial charge >= 0.3 is 0 Å². The molecule has 1 N–H and O–H groups in total. The minimum Gasteiger partial charge on any atom is -0.350 e. The van der Waals surface area contributed by atoms with E-state index in [0.717, 1.165) is 22.4 Å². The number of benzene rings is 2. The van der Waals surface area contributed by atoms with E-state index in [9.17, 15) is 9.59 Å². The molecule has 0 saturated heterocycles. The van der Waals surface area contributed by atoms with Gasteiger partial charge in [0.15, 0.2) is 0 Å². The SMILES string of the molecule is CC(=O)N(CC(=O)NCc1cccc(C)c1)c1ccccc1C(C)(C)C. The molecule has 138 valence electrons. The van der Waals surface area contributed by atoms with E-state index < -0.39 is 0 Å². The fourth-order valence-corrected chi connectivity index (χ4v) is 2.93. The fourth-order valence-electron chi connectivity index (χ4n) is 2.93. The molecule has 26 heavy (non-hydrogen) atoms. The minimum absolute atomic E-state index is 0.00818. The Kier molecular flexibility index (Phi) is 6.19. The van der Waals surface area contributed by atoms with Crippen LogP contribution in [0.3, 0.4) is 0 Å². The van der Waals surface area contributed by atoms with Crippen molar-refractivity contribution < 1.29 is 9.59 Å². The van der Waals surface area contributed by atoms with E-state index in [2.05, 4.69) is 26.1 Å². The van der Waals surface area contributed by atoms with Gasteiger partial charge in [0.05, 0.1) is 0 Å². The Morgan fingerprint density at radius 2 is 1.73 bits per heavy atom. The van der Waals surface area contributed by atoms with Crippen LogP contribution in [0, 0.1) is 6.92 Å². The average molecular weight is 352 g/mol. The maximum atomic E-state index is 12.4. The largest absolute Gasteiger partial charge is 0.350 e. The summed E-state index contributed by atoms with van der Waals surface area (Å²) in [5.74, 6) is -0.321. The van der Waals surface area contributed by atoms with Crippen LogP contribution >= 0.6 is 0 Å². The van der Waals surface area contributed by atoms with Crippen LogP contribution in [0.1, 0.15) is 44.4 Å². The lowest BCUT2D eigenvalue weighted by Crippen LogP contribution is -2.40. The van der Waals surface area contributed by atoms with Gasteiger partial charge < -0.3 is 10.2 Å². The molecule has 0 bridgehead atoms. The number of anilines is 1. The van der Waals surface area contributed by atoms with E-state index in [1.54, 1.807) is 4.90 Å². The first kappa shape index (κ1) is 19.7. The summed E-state index contributed by atoms with van der Waals surface area (Å²) in [7, 11) is 0. The number of carbonyl (C=O) groups is 2. The topological polar surface area (TPSA) is 49.4 Å². The minimum atomic E-state index is -0.176. The number of amides is 2. The Hall–Kier alpha value is -2.62. The molecule has 0 aliphatic carbocycles. The number of rotatable bonds is 5. The number of para-hydroxylation sites is 1. The van der Waals surface area contributed by atoms with Crippen LogP contribution in [0.4, 0.5) is 5.69 Å². The van der Waals surface area contributed by atoms with Crippen LogP contribution in [0.25, 0.3) is 0 Å². The van der Waals surface area contributed by atoms with Crippen molar-refractivity contribution in [1.82, 2.24) is 5.32 Å². The summed E-state index contributed by atoms with van der Waals surface area (Å²) >= 11 is 0. The third kappa shape index (κ3) is 5.19. The Balaban J connectivity index is 2.14. The van der Waals surface area contributed by atoms with E-state index in [4.69, 9.17) is 0 Å². The zero-order valence-corrected chi connectivity index (χ0v) is 16.3. The highest BCUT2D eigenvalue weighted by Crippen LogP contribution is 2.31. The number of aryl methyl sites for hydroxylation is 1. The van der Waals surface area contributed by atoms with Gasteiger partial charge in [0.25, 0.3) is 0 Å². The molecule has 4 heteroatoms. The van der Waals surface area contributed by atoms with Gasteiger partial charge in [0.1, 0.15) is 6.54 Å². The predicted octanol–water partition coefficient (Wildman–Crippen LogP) is 3.96. The van der Waals surface area contributed by atoms with E-state index in [-0.39, 0.29) is 23.8 Å². The molecule has 0 aliphatic heterocycles. The van der Waals surface area contributed by atoms with Crippen molar-refractivity contribution in [3.8, 4) is 0 Å². The van der Waals surface area contributed by atoms with Gasteiger partial charge in [-0.2, -0.15) is 0 Å². The Labute approximate surface area is 156 Å². The van der Waals surface area contributed by atoms with Crippen molar-refractivity contribution in [1.29, 1.82) is 0 Å². The zero-order valence-electron chi connectivity index (χ0n) is 16.3. The van der Waals surface area contributed by atoms with Crippen LogP contribution in [-0.2, 0) is 21.5 Å². The molecule has 0 aliphatic rings. The van der Waals surface area contributed by atoms with Crippen molar-refractivity contribution in [2.24, 2.45) is 0 Å². The monoisotopic (exact) mass is 352 g/mol. The van der Waals surface area contributed by atoms with E-state index in [1.165, 1.54) is 6.92 Å². The highest BCUT2D eigenvalue weighted by atomic mass is 16.2. The summed E-state index contributed by atoms with van der Waals surface area (Å²) in [4.78, 5) is 26.2. The second-order valence-electron chi connectivity index (χ2n) is 7.64. The average Bonchev–Trinajstić information content (AvgIpc) is 2.57. The molecule has 2 aromatic carbocycles. The van der Waals surface area contributed by atoms with E-state index in [1.807, 2.05) is 55.5 Å². The third-order valence-corrected chi connectivity index (χ3v) is 4.26. The van der Waals surface area contributed by atoms with E-state index >= 15 is 0 Å². The molecule has 2 aromatic rings. The van der Waals surface area contributed by atoms with Crippen molar-refractivity contribution in [3.05, 3.63) is 65.2 Å². The van der Waals surface area contributed by atoms with Gasteiger partial charge in [-0.15, -0.1) is 0 Å². The lowest BCUT2D eigenvalue weighted by Gasteiger charge is -2.29. The Bertz CT molecular complexity index is 791. The summed E-state index contributed by atoms with van der Waals surface area (Å²) in [5, 5.41) is 2.91. The first-order chi connectivity index (χ1) is 12.2. The van der Waals surface area contributed by atoms with Crippen LogP contribution in [0.2, 0.25) is 0 Å². The second-order valence-corrected chi connectivity index (χ2v) is 7.64. The number of hydrogen-bond acceptors (Lipinski definition) is 2. The number of hydrogen-bond donors (Lipinski definition) is 1. The normalized spacial score (nSPS) is 11.1. The first-order valence-corrected chi connectivity index (χ1v) is 8.88. The smallest absolute Gasteiger partial charge is 0.240 e. The van der Waals surface area contributed by atoms with Crippen molar-refractivity contribution in [3.63, 3.8) is 0 Å². The molecule has 4 nitrogen and oxygen atoms in total. The number of carbonyl (C=O) groups excluding carboxylic acids is 2. The molecule has 0 heterocycles. The van der Waals surface area contributed by atoms with Crippen molar-refractivity contribution in [2.45, 2.75) is 46.6 Å². The molecule has 0 unspecified atom stereocenters. The third-order valence-electron chi connectivity index (χ3n) is 4.26. The lowest BCUT2D eigenvalue weighted by atomic mass is 9.85. The standard InChI is InChI=1S/C22H28N2O2/c1-16-9-8-10-18(13-16)14-23-21(26)15-24(17(2)25)20-12-7-6-11-19(20)22(3,4)5/h6-13H,14-15H2,1-5H3,(H,23,26). The summed E-state index contributed by atoms with van der Waals surface area (Å²) in [5.41, 5.74) is 3.91. The molecule has 0 saturated carbocycles. The number of nitrogens with zero attached hydrogens (tertiary/aromatic N) is 1. The summed E-state index contributed by atoms with van der Waals surface area (Å²) in [6.45, 7) is 10.3. The Morgan fingerprint density at radius 1 is 1.04 bits per heavy atom. The lowest BCUT2D eigenvalue weighted by molar-refractivity contribution is -0.123. The molecular formula is C22H28N2O2. The molecule has 0 spiro atoms. The van der Waals surface area contributed by atoms with Gasteiger partial charge in [-0.05, 0) is 29.5 Å². The molecule has 0 aromatic heterocycles. The highest BCUT2D eigenvalue weighted by Gasteiger charge is 2.24. The molecule has 0 radical (unpaired) electrons. The molecule has 2 rings (SSSR count). The molecule has 0 atom stereocenters. The Morgan fingerprint density at radius 3 is 2.35 bits per heavy atom. The van der Waals surface area contributed by atoms with Gasteiger partial charge in [-0.3, -0.25) is 9.59 Å². The fraction of sp³-hybridized carbons (Fsp3) is 0.364. The van der Waals surface area contributed by atoms with Crippen LogP contribution < -0.4 is 10.2 Å². The zero-order chi connectivity index (χ0) is 19.3. The van der Waals surface area contributed by atoms with Crippen LogP contribution in [0.15, 0.2) is 48.5 Å². The van der Waals surface area contributed by atoms with Crippen molar-refractivity contribution >= 4 is 17.5 Å². The molecule has 0 fully saturated rings. The molecular weight excluding hydrogens is 324 g/mol. The summed E-state index contributed by atoms with van der Waals surface area (Å²) in [6.07, 6.45) is 0. The maximum Gasteiger partial charge on any atom is 0.240 e.